The van der Waals surface area contributed by atoms with Crippen molar-refractivity contribution < 1.29 is 27.9 Å². The molecule has 0 radical (unpaired) electrons. The molecule has 3 aromatic carbocycles. The second-order valence-electron chi connectivity index (χ2n) is 11.8. The Balaban J connectivity index is 1.79. The highest BCUT2D eigenvalue weighted by Crippen LogP contribution is 2.29. The number of anilines is 1. The van der Waals surface area contributed by atoms with Crippen LogP contribution in [0.1, 0.15) is 63.5 Å². The standard InChI is InChI=1S/C35H48N4O6S/c1-5-29(17-12-18-30(24-40)39(23-25(2)3)46(43,44)31-21-19-28(36)20-22-31)37-34(41)33(38-35(42)45-4)32(26-13-8-6-9-14-26)27-15-10-7-11-16-27/h6-11,13-16,19-22,25,29-30,32-33,40H,5,12,17-18,23-24,36H2,1-4H3,(H,37,41)(H,38,42). The highest BCUT2D eigenvalue weighted by molar-refractivity contribution is 7.89. The number of nitrogen functional groups attached to an aromatic ring is 1. The van der Waals surface area contributed by atoms with Crippen LogP contribution in [0.5, 0.6) is 0 Å². The highest BCUT2D eigenvalue weighted by atomic mass is 32.2. The molecule has 0 fully saturated rings. The summed E-state index contributed by atoms with van der Waals surface area (Å²) in [6, 6.07) is 23.2. The molecule has 3 atom stereocenters. The van der Waals surface area contributed by atoms with Crippen molar-refractivity contribution in [2.75, 3.05) is 26.0 Å². The van der Waals surface area contributed by atoms with E-state index in [1.54, 1.807) is 12.1 Å². The number of rotatable bonds is 17. The molecule has 3 rings (SSSR count). The van der Waals surface area contributed by atoms with Gasteiger partial charge >= 0.3 is 6.09 Å². The largest absolute Gasteiger partial charge is 0.453 e. The Morgan fingerprint density at radius 1 is 0.891 bits per heavy atom. The van der Waals surface area contributed by atoms with Gasteiger partial charge in [-0.05, 0) is 67.0 Å². The molecule has 0 aliphatic rings. The van der Waals surface area contributed by atoms with Gasteiger partial charge in [0.15, 0.2) is 0 Å². The fourth-order valence-corrected chi connectivity index (χ4v) is 7.37. The molecule has 250 valence electrons. The fraction of sp³-hybridized carbons (Fsp3) is 0.429. The number of amides is 2. The maximum absolute atomic E-state index is 13.9. The van der Waals surface area contributed by atoms with E-state index in [1.165, 1.54) is 23.5 Å². The number of carbonyl (C=O) groups excluding carboxylic acids is 2. The van der Waals surface area contributed by atoms with Crippen LogP contribution in [0.4, 0.5) is 10.5 Å². The molecule has 11 heteroatoms. The molecule has 46 heavy (non-hydrogen) atoms. The van der Waals surface area contributed by atoms with Gasteiger partial charge in [-0.2, -0.15) is 4.31 Å². The lowest BCUT2D eigenvalue weighted by Crippen LogP contribution is -2.52. The highest BCUT2D eigenvalue weighted by Gasteiger charge is 2.34. The van der Waals surface area contributed by atoms with E-state index in [2.05, 4.69) is 10.6 Å². The maximum atomic E-state index is 13.9. The molecule has 0 aliphatic carbocycles. The summed E-state index contributed by atoms with van der Waals surface area (Å²) in [6.07, 6.45) is 1.38. The molecular formula is C35H48N4O6S. The number of sulfonamides is 1. The molecular weight excluding hydrogens is 604 g/mol. The average molecular weight is 653 g/mol. The Kier molecular flexibility index (Phi) is 14.0. The van der Waals surface area contributed by atoms with E-state index >= 15 is 0 Å². The number of ether oxygens (including phenoxy) is 1. The molecule has 0 bridgehead atoms. The van der Waals surface area contributed by atoms with Crippen LogP contribution in [0.15, 0.2) is 89.8 Å². The predicted molar refractivity (Wildman–Crippen MR) is 181 cm³/mol. The van der Waals surface area contributed by atoms with Crippen LogP contribution < -0.4 is 16.4 Å². The Labute approximate surface area is 273 Å². The number of aliphatic hydroxyl groups is 1. The Hall–Kier alpha value is -3.93. The number of hydrogen-bond acceptors (Lipinski definition) is 7. The number of nitrogens with zero attached hydrogens (tertiary/aromatic N) is 1. The number of nitrogens with two attached hydrogens (primary N) is 1. The van der Waals surface area contributed by atoms with Crippen LogP contribution in [-0.2, 0) is 19.6 Å². The van der Waals surface area contributed by atoms with Crippen molar-refractivity contribution in [1.82, 2.24) is 14.9 Å². The third kappa shape index (κ3) is 10.0. The molecule has 0 saturated heterocycles. The van der Waals surface area contributed by atoms with Crippen molar-refractivity contribution in [2.45, 2.75) is 75.4 Å². The minimum Gasteiger partial charge on any atom is -0.453 e. The first-order chi connectivity index (χ1) is 22.0. The molecule has 0 aliphatic heterocycles. The van der Waals surface area contributed by atoms with E-state index in [1.807, 2.05) is 81.4 Å². The molecule has 10 nitrogen and oxygen atoms in total. The van der Waals surface area contributed by atoms with Crippen LogP contribution in [-0.4, -0.2) is 68.2 Å². The summed E-state index contributed by atoms with van der Waals surface area (Å²) in [6.45, 7) is 5.72. The minimum atomic E-state index is -3.89. The van der Waals surface area contributed by atoms with Crippen molar-refractivity contribution in [3.8, 4) is 0 Å². The number of aliphatic hydroxyl groups excluding tert-OH is 1. The van der Waals surface area contributed by atoms with Gasteiger partial charge in [0, 0.05) is 30.2 Å². The first-order valence-corrected chi connectivity index (χ1v) is 17.2. The van der Waals surface area contributed by atoms with E-state index in [9.17, 15) is 23.1 Å². The van der Waals surface area contributed by atoms with Gasteiger partial charge < -0.3 is 26.2 Å². The quantitative estimate of drug-likeness (QED) is 0.152. The third-order valence-corrected chi connectivity index (χ3v) is 9.90. The molecule has 0 heterocycles. The van der Waals surface area contributed by atoms with Gasteiger partial charge in [0.05, 0.1) is 18.6 Å². The second-order valence-corrected chi connectivity index (χ2v) is 13.7. The van der Waals surface area contributed by atoms with E-state index in [0.717, 1.165) is 11.1 Å². The Morgan fingerprint density at radius 2 is 1.46 bits per heavy atom. The molecule has 3 aromatic rings. The van der Waals surface area contributed by atoms with E-state index in [-0.39, 0.29) is 35.9 Å². The van der Waals surface area contributed by atoms with Crippen molar-refractivity contribution in [2.24, 2.45) is 5.92 Å². The van der Waals surface area contributed by atoms with Crippen LogP contribution in [0, 0.1) is 5.92 Å². The SMILES string of the molecule is CCC(CCCC(CO)N(CC(C)C)S(=O)(=O)c1ccc(N)cc1)NC(=O)C(NC(=O)OC)C(c1ccccc1)c1ccccc1. The van der Waals surface area contributed by atoms with Crippen molar-refractivity contribution in [3.63, 3.8) is 0 Å². The molecule has 0 aromatic heterocycles. The molecule has 0 saturated carbocycles. The lowest BCUT2D eigenvalue weighted by molar-refractivity contribution is -0.124. The van der Waals surface area contributed by atoms with Crippen molar-refractivity contribution >= 4 is 27.7 Å². The van der Waals surface area contributed by atoms with Crippen LogP contribution >= 0.6 is 0 Å². The number of hydrogen-bond donors (Lipinski definition) is 4. The van der Waals surface area contributed by atoms with Crippen LogP contribution in [0.2, 0.25) is 0 Å². The summed E-state index contributed by atoms with van der Waals surface area (Å²) in [5, 5.41) is 16.2. The van der Waals surface area contributed by atoms with Crippen LogP contribution in [0.25, 0.3) is 0 Å². The van der Waals surface area contributed by atoms with Crippen molar-refractivity contribution in [3.05, 3.63) is 96.1 Å². The summed E-state index contributed by atoms with van der Waals surface area (Å²) in [4.78, 5) is 26.5. The number of benzene rings is 3. The Bertz CT molecular complexity index is 1430. The van der Waals surface area contributed by atoms with Crippen LogP contribution in [0.3, 0.4) is 0 Å². The van der Waals surface area contributed by atoms with E-state index in [0.29, 0.717) is 31.4 Å². The number of carbonyl (C=O) groups is 2. The minimum absolute atomic E-state index is 0.0294. The summed E-state index contributed by atoms with van der Waals surface area (Å²) in [7, 11) is -2.63. The predicted octanol–water partition coefficient (Wildman–Crippen LogP) is 4.90. The van der Waals surface area contributed by atoms with Gasteiger partial charge in [-0.15, -0.1) is 0 Å². The smallest absolute Gasteiger partial charge is 0.407 e. The summed E-state index contributed by atoms with van der Waals surface area (Å²) in [5.41, 5.74) is 7.95. The van der Waals surface area contributed by atoms with Gasteiger partial charge in [-0.25, -0.2) is 13.2 Å². The van der Waals surface area contributed by atoms with Gasteiger partial charge in [0.1, 0.15) is 6.04 Å². The van der Waals surface area contributed by atoms with Gasteiger partial charge in [-0.1, -0.05) is 81.4 Å². The number of alkyl carbamates (subject to hydrolysis) is 1. The lowest BCUT2D eigenvalue weighted by Gasteiger charge is -2.32. The van der Waals surface area contributed by atoms with Crippen molar-refractivity contribution in [1.29, 1.82) is 0 Å². The lowest BCUT2D eigenvalue weighted by atomic mass is 9.84. The topological polar surface area (TPSA) is 151 Å². The number of nitrogens with one attached hydrogen (secondary N) is 2. The van der Waals surface area contributed by atoms with Gasteiger partial charge in [-0.3, -0.25) is 4.79 Å². The zero-order valence-electron chi connectivity index (χ0n) is 27.1. The maximum Gasteiger partial charge on any atom is 0.407 e. The summed E-state index contributed by atoms with van der Waals surface area (Å²) < 4.78 is 33.5. The third-order valence-electron chi connectivity index (χ3n) is 7.97. The summed E-state index contributed by atoms with van der Waals surface area (Å²) >= 11 is 0. The first-order valence-electron chi connectivity index (χ1n) is 15.7. The summed E-state index contributed by atoms with van der Waals surface area (Å²) in [5.74, 6) is -0.816. The average Bonchev–Trinajstić information content (AvgIpc) is 3.05. The monoisotopic (exact) mass is 652 g/mol. The Morgan fingerprint density at radius 3 is 1.93 bits per heavy atom. The normalized spacial score (nSPS) is 13.7. The van der Waals surface area contributed by atoms with E-state index < -0.39 is 34.1 Å². The molecule has 3 unspecified atom stereocenters. The van der Waals surface area contributed by atoms with Gasteiger partial charge in [0.25, 0.3) is 0 Å². The molecule has 5 N–H and O–H groups in total. The number of methoxy groups -OCH3 is 1. The zero-order chi connectivity index (χ0) is 33.7. The molecule has 0 spiro atoms. The first kappa shape index (κ1) is 36.5. The van der Waals surface area contributed by atoms with Gasteiger partial charge in [0.2, 0.25) is 15.9 Å². The fourth-order valence-electron chi connectivity index (χ4n) is 5.56. The zero-order valence-corrected chi connectivity index (χ0v) is 28.0. The molecule has 2 amide bonds. The van der Waals surface area contributed by atoms with E-state index in [4.69, 9.17) is 10.5 Å². The second kappa shape index (κ2) is 17.7.